The Kier molecular flexibility index (Phi) is 5.75. The number of halogens is 2. The predicted octanol–water partition coefficient (Wildman–Crippen LogP) is 3.48. The number of nitrogens with zero attached hydrogens (tertiary/aromatic N) is 5. The van der Waals surface area contributed by atoms with Gasteiger partial charge in [0.15, 0.2) is 0 Å². The predicted molar refractivity (Wildman–Crippen MR) is 129 cm³/mol. The first-order valence-corrected chi connectivity index (χ1v) is 11.8. The van der Waals surface area contributed by atoms with E-state index in [2.05, 4.69) is 15.5 Å². The van der Waals surface area contributed by atoms with E-state index in [0.717, 1.165) is 0 Å². The number of fused-ring (bicyclic) bond motifs is 1. The number of carbonyl (C=O) groups excluding carboxylic acids is 1. The van der Waals surface area contributed by atoms with Gasteiger partial charge < -0.3 is 26.3 Å². The van der Waals surface area contributed by atoms with Gasteiger partial charge in [-0.2, -0.15) is 9.78 Å². The highest BCUT2D eigenvalue weighted by Crippen LogP contribution is 2.57. The van der Waals surface area contributed by atoms with Crippen LogP contribution in [0.15, 0.2) is 24.3 Å². The van der Waals surface area contributed by atoms with Gasteiger partial charge in [0.25, 0.3) is 5.91 Å². The van der Waals surface area contributed by atoms with E-state index in [1.165, 1.54) is 33.6 Å². The van der Waals surface area contributed by atoms with Gasteiger partial charge >= 0.3 is 5.82 Å². The summed E-state index contributed by atoms with van der Waals surface area (Å²) in [4.78, 5) is 23.7. The summed E-state index contributed by atoms with van der Waals surface area (Å²) in [5.41, 5.74) is 6.61. The molecule has 13 heteroatoms. The van der Waals surface area contributed by atoms with Crippen molar-refractivity contribution in [2.24, 2.45) is 25.9 Å². The van der Waals surface area contributed by atoms with Crippen molar-refractivity contribution >= 4 is 34.8 Å². The Hall–Kier alpha value is -3.51. The van der Waals surface area contributed by atoms with Crippen molar-refractivity contribution in [2.45, 2.75) is 37.2 Å². The molecule has 0 spiro atoms. The maximum absolute atomic E-state index is 13.5. The van der Waals surface area contributed by atoms with Crippen LogP contribution in [0.2, 0.25) is 5.02 Å². The zero-order valence-corrected chi connectivity index (χ0v) is 20.4. The summed E-state index contributed by atoms with van der Waals surface area (Å²) in [6.07, 6.45) is 2.24. The highest BCUT2D eigenvalue weighted by atomic mass is 35.5. The molecule has 36 heavy (non-hydrogen) atoms. The molecule has 3 aromatic rings. The average Bonchev–Trinajstić information content (AvgIpc) is 3.52. The molecule has 0 saturated heterocycles. The third-order valence-corrected chi connectivity index (χ3v) is 7.77. The van der Waals surface area contributed by atoms with Crippen LogP contribution >= 0.6 is 11.6 Å². The standard InChI is InChI=1S/C23H25ClFN7O4/c1-30-17(8-18(28-30)32(35)36)23(34)9-12-5-11(6-13(12)10-23)20-19(21(26)31(2)29-20)22(33)27-14-3-4-16(25)15(24)7-14/h3-4,7-8,11-13,34H,5-6,9-10,26H2,1-2H3,(H,27,33)/t11?,12-,13+,23?. The number of nitrogen functional groups attached to an aromatic ring is 1. The number of nitro groups is 1. The van der Waals surface area contributed by atoms with Crippen LogP contribution in [-0.4, -0.2) is 35.5 Å². The lowest BCUT2D eigenvalue weighted by atomic mass is 9.89. The van der Waals surface area contributed by atoms with E-state index in [9.17, 15) is 24.4 Å². The van der Waals surface area contributed by atoms with Crippen LogP contribution in [0.5, 0.6) is 0 Å². The highest BCUT2D eigenvalue weighted by molar-refractivity contribution is 6.31. The van der Waals surface area contributed by atoms with E-state index in [1.54, 1.807) is 14.1 Å². The second-order valence-electron chi connectivity index (χ2n) is 9.75. The average molecular weight is 518 g/mol. The van der Waals surface area contributed by atoms with Crippen molar-refractivity contribution in [3.63, 3.8) is 0 Å². The third kappa shape index (κ3) is 3.99. The summed E-state index contributed by atoms with van der Waals surface area (Å²) in [6, 6.07) is 5.24. The van der Waals surface area contributed by atoms with Gasteiger partial charge in [-0.3, -0.25) is 9.48 Å². The number of rotatable bonds is 5. The van der Waals surface area contributed by atoms with E-state index in [1.807, 2.05) is 0 Å². The van der Waals surface area contributed by atoms with Crippen molar-refractivity contribution in [1.82, 2.24) is 19.6 Å². The third-order valence-electron chi connectivity index (χ3n) is 7.48. The molecule has 190 valence electrons. The number of benzene rings is 1. The number of carbonyl (C=O) groups is 1. The molecule has 2 heterocycles. The number of hydrogen-bond donors (Lipinski definition) is 3. The Morgan fingerprint density at radius 3 is 2.50 bits per heavy atom. The van der Waals surface area contributed by atoms with Gasteiger partial charge in [-0.25, -0.2) is 4.39 Å². The molecule has 4 atom stereocenters. The molecule has 11 nitrogen and oxygen atoms in total. The minimum Gasteiger partial charge on any atom is -0.383 e. The Morgan fingerprint density at radius 1 is 1.25 bits per heavy atom. The second kappa shape index (κ2) is 8.56. The number of aliphatic hydroxyl groups is 1. The van der Waals surface area contributed by atoms with Gasteiger partial charge in [0.2, 0.25) is 0 Å². The smallest absolute Gasteiger partial charge is 0.383 e. The molecule has 1 amide bonds. The van der Waals surface area contributed by atoms with Crippen molar-refractivity contribution in [3.05, 3.63) is 62.2 Å². The van der Waals surface area contributed by atoms with Gasteiger partial charge in [0.05, 0.1) is 34.6 Å². The zero-order chi connectivity index (χ0) is 25.9. The van der Waals surface area contributed by atoms with Crippen molar-refractivity contribution in [3.8, 4) is 0 Å². The fourth-order valence-corrected chi connectivity index (χ4v) is 6.10. The first kappa shape index (κ1) is 24.2. The Labute approximate surface area is 210 Å². The lowest BCUT2D eigenvalue weighted by Gasteiger charge is -2.23. The first-order chi connectivity index (χ1) is 17.0. The first-order valence-electron chi connectivity index (χ1n) is 11.5. The van der Waals surface area contributed by atoms with Gasteiger partial charge in [0.1, 0.15) is 22.8 Å². The van der Waals surface area contributed by atoms with Crippen molar-refractivity contribution < 1.29 is 19.2 Å². The SMILES string of the molecule is Cn1nc([N+](=O)[O-])cc1C1(O)C[C@H]2CC(c3nn(C)c(N)c3C(=O)Nc3ccc(F)c(Cl)c3)C[C@H]2C1. The lowest BCUT2D eigenvalue weighted by molar-refractivity contribution is -0.389. The molecule has 2 aromatic heterocycles. The Bertz CT molecular complexity index is 1370. The van der Waals surface area contributed by atoms with Crippen LogP contribution in [0.25, 0.3) is 0 Å². The lowest BCUT2D eigenvalue weighted by Crippen LogP contribution is -2.26. The van der Waals surface area contributed by atoms with E-state index < -0.39 is 22.2 Å². The van der Waals surface area contributed by atoms with Crippen molar-refractivity contribution in [1.29, 1.82) is 0 Å². The molecule has 2 aliphatic rings. The number of hydrogen-bond acceptors (Lipinski definition) is 7. The van der Waals surface area contributed by atoms with Gasteiger partial charge in [-0.15, -0.1) is 0 Å². The largest absolute Gasteiger partial charge is 0.390 e. The molecular formula is C23H25ClFN7O4. The maximum atomic E-state index is 13.5. The second-order valence-corrected chi connectivity index (χ2v) is 10.2. The van der Waals surface area contributed by atoms with Crippen LogP contribution < -0.4 is 11.1 Å². The molecule has 2 saturated carbocycles. The van der Waals surface area contributed by atoms with Crippen LogP contribution in [0.1, 0.15) is 53.3 Å². The summed E-state index contributed by atoms with van der Waals surface area (Å²) in [6.45, 7) is 0. The van der Waals surface area contributed by atoms with E-state index in [4.69, 9.17) is 17.3 Å². The Balaban J connectivity index is 1.35. The molecule has 1 aromatic carbocycles. The molecule has 4 N–H and O–H groups in total. The van der Waals surface area contributed by atoms with E-state index in [-0.39, 0.29) is 40.0 Å². The minimum absolute atomic E-state index is 0.0496. The highest BCUT2D eigenvalue weighted by Gasteiger charge is 2.52. The number of aromatic nitrogens is 4. The molecule has 0 aliphatic heterocycles. The number of amides is 1. The molecule has 2 aliphatic carbocycles. The quantitative estimate of drug-likeness (QED) is 0.345. The van der Waals surface area contributed by atoms with Crippen LogP contribution in [-0.2, 0) is 19.7 Å². The summed E-state index contributed by atoms with van der Waals surface area (Å²) in [5.74, 6) is -0.896. The zero-order valence-electron chi connectivity index (χ0n) is 19.6. The fraction of sp³-hybridized carbons (Fsp3) is 0.435. The normalized spacial score (nSPS) is 25.2. The summed E-state index contributed by atoms with van der Waals surface area (Å²) in [5, 5.41) is 33.5. The topological polar surface area (TPSA) is 154 Å². The molecule has 0 radical (unpaired) electrons. The summed E-state index contributed by atoms with van der Waals surface area (Å²) < 4.78 is 16.3. The minimum atomic E-state index is -1.21. The number of nitrogens with one attached hydrogen (secondary N) is 1. The monoisotopic (exact) mass is 517 g/mol. The Morgan fingerprint density at radius 2 is 1.92 bits per heavy atom. The molecule has 2 fully saturated rings. The molecular weight excluding hydrogens is 493 g/mol. The summed E-state index contributed by atoms with van der Waals surface area (Å²) in [7, 11) is 3.25. The molecule has 5 rings (SSSR count). The van der Waals surface area contributed by atoms with Crippen LogP contribution in [0.4, 0.5) is 21.7 Å². The van der Waals surface area contributed by atoms with Crippen molar-refractivity contribution in [2.75, 3.05) is 11.1 Å². The van der Waals surface area contributed by atoms with Gasteiger partial charge in [-0.1, -0.05) is 11.6 Å². The maximum Gasteiger partial charge on any atom is 0.390 e. The van der Waals surface area contributed by atoms with Crippen LogP contribution in [0.3, 0.4) is 0 Å². The molecule has 0 bridgehead atoms. The van der Waals surface area contributed by atoms with Gasteiger partial charge in [-0.05, 0) is 60.6 Å². The van der Waals surface area contributed by atoms with Gasteiger partial charge in [0, 0.05) is 18.7 Å². The summed E-state index contributed by atoms with van der Waals surface area (Å²) >= 11 is 5.84. The number of nitrogens with two attached hydrogens (primary N) is 1. The number of anilines is 2. The number of aryl methyl sites for hydroxylation is 2. The van der Waals surface area contributed by atoms with E-state index in [0.29, 0.717) is 42.8 Å². The fourth-order valence-electron chi connectivity index (χ4n) is 5.92. The van der Waals surface area contributed by atoms with E-state index >= 15 is 0 Å². The van der Waals surface area contributed by atoms with Crippen LogP contribution in [0, 0.1) is 27.8 Å². The molecule has 2 unspecified atom stereocenters.